The van der Waals surface area contributed by atoms with Crippen molar-refractivity contribution in [2.24, 2.45) is 5.92 Å². The third-order valence-electron chi connectivity index (χ3n) is 5.31. The molecule has 2 heterocycles. The summed E-state index contributed by atoms with van der Waals surface area (Å²) in [5.74, 6) is 0.0403. The molecule has 6 heteroatoms. The van der Waals surface area contributed by atoms with Gasteiger partial charge in [0.2, 0.25) is 0 Å². The van der Waals surface area contributed by atoms with Crippen LogP contribution >= 0.6 is 15.9 Å². The van der Waals surface area contributed by atoms with Crippen molar-refractivity contribution in [2.45, 2.75) is 36.7 Å². The van der Waals surface area contributed by atoms with Crippen LogP contribution in [0.3, 0.4) is 0 Å². The molecule has 148 valence electrons. The molecular formula is C22H24BrNO4. The highest BCUT2D eigenvalue weighted by Gasteiger charge is 2.51. The average Bonchev–Trinajstić information content (AvgIpc) is 3.18. The number of rotatable bonds is 6. The zero-order valence-electron chi connectivity index (χ0n) is 15.7. The van der Waals surface area contributed by atoms with Gasteiger partial charge in [0.25, 0.3) is 0 Å². The lowest BCUT2D eigenvalue weighted by Gasteiger charge is -2.41. The molecule has 0 spiro atoms. The highest BCUT2D eigenvalue weighted by atomic mass is 79.9. The van der Waals surface area contributed by atoms with Crippen molar-refractivity contribution in [3.8, 4) is 0 Å². The highest BCUT2D eigenvalue weighted by Crippen LogP contribution is 2.40. The summed E-state index contributed by atoms with van der Waals surface area (Å²) < 4.78 is 17.7. The Hall–Kier alpha value is -1.89. The van der Waals surface area contributed by atoms with E-state index in [1.807, 2.05) is 67.6 Å². The van der Waals surface area contributed by atoms with E-state index in [0.29, 0.717) is 19.8 Å². The molecule has 5 atom stereocenters. The van der Waals surface area contributed by atoms with Crippen LogP contribution in [-0.4, -0.2) is 41.4 Å². The van der Waals surface area contributed by atoms with Crippen LogP contribution in [-0.2, 0) is 20.8 Å². The van der Waals surface area contributed by atoms with E-state index in [2.05, 4.69) is 15.9 Å². The summed E-state index contributed by atoms with van der Waals surface area (Å²) in [6, 6.07) is 19.9. The molecule has 0 bridgehead atoms. The largest absolute Gasteiger partial charge is 0.444 e. The minimum atomic E-state index is -0.340. The maximum absolute atomic E-state index is 12.8. The fraction of sp³-hybridized carbons (Fsp3) is 0.409. The van der Waals surface area contributed by atoms with Gasteiger partial charge in [0.1, 0.15) is 6.10 Å². The number of nitrogens with zero attached hydrogens (tertiary/aromatic N) is 1. The minimum Gasteiger partial charge on any atom is -0.444 e. The number of cyclic esters (lactones) is 1. The number of ether oxygens (including phenoxy) is 3. The molecule has 0 radical (unpaired) electrons. The van der Waals surface area contributed by atoms with Gasteiger partial charge in [0.05, 0.1) is 30.7 Å². The van der Waals surface area contributed by atoms with Gasteiger partial charge in [-0.3, -0.25) is 4.90 Å². The second-order valence-corrected chi connectivity index (χ2v) is 8.39. The van der Waals surface area contributed by atoms with E-state index in [1.165, 1.54) is 0 Å². The first-order valence-corrected chi connectivity index (χ1v) is 10.5. The molecule has 0 aromatic heterocycles. The first-order valence-electron chi connectivity index (χ1n) is 9.56. The Kier molecular flexibility index (Phi) is 5.99. The molecule has 2 aliphatic rings. The number of amides is 1. The van der Waals surface area contributed by atoms with Crippen molar-refractivity contribution in [1.29, 1.82) is 0 Å². The fourth-order valence-corrected chi connectivity index (χ4v) is 4.84. The first kappa shape index (κ1) is 19.4. The third-order valence-corrected chi connectivity index (χ3v) is 6.28. The standard InChI is InChI=1S/C22H24BrNO4/c1-15(12-26-13-16-8-4-2-5-9-16)20-19(23)21-24(22(25)28-20)18(14-27-21)17-10-6-3-7-11-17/h2-11,15,18-21H,12-14H2,1H3/t15-,18+,19+,20+,21-/m1/s1. The predicted octanol–water partition coefficient (Wildman–Crippen LogP) is 4.52. The van der Waals surface area contributed by atoms with Gasteiger partial charge in [0.15, 0.2) is 6.23 Å². The monoisotopic (exact) mass is 445 g/mol. The zero-order chi connectivity index (χ0) is 19.5. The van der Waals surface area contributed by atoms with Gasteiger partial charge in [0, 0.05) is 5.92 Å². The third kappa shape index (κ3) is 3.95. The Morgan fingerprint density at radius 3 is 2.54 bits per heavy atom. The Balaban J connectivity index is 1.38. The van der Waals surface area contributed by atoms with Gasteiger partial charge in [-0.05, 0) is 11.1 Å². The van der Waals surface area contributed by atoms with Crippen LogP contribution in [0.2, 0.25) is 0 Å². The van der Waals surface area contributed by atoms with Crippen LogP contribution in [0.25, 0.3) is 0 Å². The Morgan fingerprint density at radius 1 is 1.14 bits per heavy atom. The van der Waals surface area contributed by atoms with Crippen molar-refractivity contribution in [2.75, 3.05) is 13.2 Å². The molecule has 2 aromatic rings. The number of carbonyl (C=O) groups is 1. The number of alkyl halides is 1. The molecule has 5 nitrogen and oxygen atoms in total. The quantitative estimate of drug-likeness (QED) is 0.613. The molecule has 0 aliphatic carbocycles. The van der Waals surface area contributed by atoms with Gasteiger partial charge in [-0.25, -0.2) is 4.79 Å². The van der Waals surface area contributed by atoms with Gasteiger partial charge < -0.3 is 14.2 Å². The van der Waals surface area contributed by atoms with Crippen LogP contribution in [0.1, 0.15) is 24.1 Å². The van der Waals surface area contributed by atoms with Crippen LogP contribution in [0.15, 0.2) is 60.7 Å². The second-order valence-electron chi connectivity index (χ2n) is 7.33. The summed E-state index contributed by atoms with van der Waals surface area (Å²) in [7, 11) is 0. The molecule has 4 rings (SSSR count). The summed E-state index contributed by atoms with van der Waals surface area (Å²) in [6.45, 7) is 3.55. The summed E-state index contributed by atoms with van der Waals surface area (Å²) in [5.41, 5.74) is 2.18. The van der Waals surface area contributed by atoms with Crippen molar-refractivity contribution in [3.63, 3.8) is 0 Å². The number of halogens is 1. The molecule has 0 unspecified atom stereocenters. The summed E-state index contributed by atoms with van der Waals surface area (Å²) >= 11 is 3.73. The van der Waals surface area contributed by atoms with Crippen molar-refractivity contribution in [1.82, 2.24) is 4.90 Å². The Bertz CT molecular complexity index is 788. The van der Waals surface area contributed by atoms with E-state index in [0.717, 1.165) is 11.1 Å². The van der Waals surface area contributed by atoms with Crippen LogP contribution < -0.4 is 0 Å². The van der Waals surface area contributed by atoms with E-state index in [-0.39, 0.29) is 35.2 Å². The Morgan fingerprint density at radius 2 is 1.82 bits per heavy atom. The van der Waals surface area contributed by atoms with E-state index in [9.17, 15) is 4.79 Å². The van der Waals surface area contributed by atoms with Gasteiger partial charge >= 0.3 is 6.09 Å². The van der Waals surface area contributed by atoms with E-state index >= 15 is 0 Å². The number of hydrogen-bond donors (Lipinski definition) is 0. The van der Waals surface area contributed by atoms with E-state index in [4.69, 9.17) is 14.2 Å². The molecule has 28 heavy (non-hydrogen) atoms. The van der Waals surface area contributed by atoms with Crippen molar-refractivity contribution < 1.29 is 19.0 Å². The van der Waals surface area contributed by atoms with Crippen LogP contribution in [0.4, 0.5) is 4.79 Å². The van der Waals surface area contributed by atoms with E-state index < -0.39 is 0 Å². The molecule has 0 saturated carbocycles. The smallest absolute Gasteiger partial charge is 0.412 e. The summed E-state index contributed by atoms with van der Waals surface area (Å²) in [4.78, 5) is 14.4. The maximum Gasteiger partial charge on any atom is 0.412 e. The lowest BCUT2D eigenvalue weighted by Crippen LogP contribution is -2.56. The molecule has 2 fully saturated rings. The highest BCUT2D eigenvalue weighted by molar-refractivity contribution is 9.09. The van der Waals surface area contributed by atoms with Gasteiger partial charge in [-0.15, -0.1) is 0 Å². The molecule has 0 N–H and O–H groups in total. The normalized spacial score (nSPS) is 27.9. The zero-order valence-corrected chi connectivity index (χ0v) is 17.3. The fourth-order valence-electron chi connectivity index (χ4n) is 3.80. The lowest BCUT2D eigenvalue weighted by molar-refractivity contribution is -0.0778. The first-order chi connectivity index (χ1) is 13.6. The van der Waals surface area contributed by atoms with Crippen molar-refractivity contribution >= 4 is 22.0 Å². The number of fused-ring (bicyclic) bond motifs is 1. The Labute approximate surface area is 173 Å². The van der Waals surface area contributed by atoms with Gasteiger partial charge in [-0.2, -0.15) is 0 Å². The molecule has 2 aliphatic heterocycles. The number of carbonyl (C=O) groups excluding carboxylic acids is 1. The van der Waals surface area contributed by atoms with E-state index in [1.54, 1.807) is 4.90 Å². The second kappa shape index (κ2) is 8.64. The van der Waals surface area contributed by atoms with Crippen molar-refractivity contribution in [3.05, 3.63) is 71.8 Å². The topological polar surface area (TPSA) is 48.0 Å². The molecular weight excluding hydrogens is 422 g/mol. The maximum atomic E-state index is 12.8. The number of benzene rings is 2. The SMILES string of the molecule is C[C@H](COCc1ccccc1)[C@@H]1OC(=O)N2[C@H](OC[C@H]2c2ccccc2)[C@H]1Br. The molecule has 2 aromatic carbocycles. The van der Waals surface area contributed by atoms with Gasteiger partial charge in [-0.1, -0.05) is 83.5 Å². The molecule has 2 saturated heterocycles. The predicted molar refractivity (Wildman–Crippen MR) is 109 cm³/mol. The average molecular weight is 446 g/mol. The summed E-state index contributed by atoms with van der Waals surface area (Å²) in [5, 5.41) is 0. The van der Waals surface area contributed by atoms with Crippen LogP contribution in [0, 0.1) is 5.92 Å². The molecule has 1 amide bonds. The number of hydrogen-bond acceptors (Lipinski definition) is 4. The lowest BCUT2D eigenvalue weighted by atomic mass is 9.99. The summed E-state index contributed by atoms with van der Waals surface area (Å²) in [6.07, 6.45) is -0.973. The minimum absolute atomic E-state index is 0.0403. The van der Waals surface area contributed by atoms with Crippen LogP contribution in [0.5, 0.6) is 0 Å².